The van der Waals surface area contributed by atoms with Crippen molar-refractivity contribution < 1.29 is 14.3 Å². The summed E-state index contributed by atoms with van der Waals surface area (Å²) in [5, 5.41) is 9.36. The normalized spacial score (nSPS) is 15.6. The highest BCUT2D eigenvalue weighted by Gasteiger charge is 2.23. The lowest BCUT2D eigenvalue weighted by Gasteiger charge is -2.15. The van der Waals surface area contributed by atoms with Crippen LogP contribution in [-0.2, 0) is 6.42 Å². The van der Waals surface area contributed by atoms with Crippen molar-refractivity contribution in [3.63, 3.8) is 0 Å². The molecule has 1 aliphatic carbocycles. The lowest BCUT2D eigenvalue weighted by Crippen LogP contribution is -2.12. The number of rotatable bonds is 0. The van der Waals surface area contributed by atoms with E-state index < -0.39 is 0 Å². The summed E-state index contributed by atoms with van der Waals surface area (Å²) in [6.45, 7) is 0. The van der Waals surface area contributed by atoms with Crippen LogP contribution in [-0.4, -0.2) is 10.9 Å². The maximum Gasteiger partial charge on any atom is 0.166 e. The van der Waals surface area contributed by atoms with Crippen molar-refractivity contribution in [1.29, 1.82) is 0 Å². The smallest absolute Gasteiger partial charge is 0.166 e. The van der Waals surface area contributed by atoms with Crippen molar-refractivity contribution >= 4 is 5.78 Å². The quantitative estimate of drug-likeness (QED) is 0.663. The average molecular weight is 180 g/mol. The average Bonchev–Trinajstić information content (AvgIpc) is 2.12. The first-order valence-electron chi connectivity index (χ1n) is 4.23. The molecule has 2 nitrogen and oxygen atoms in total. The fourth-order valence-electron chi connectivity index (χ4n) is 1.72. The van der Waals surface area contributed by atoms with Gasteiger partial charge in [0.05, 0.1) is 5.56 Å². The zero-order valence-corrected chi connectivity index (χ0v) is 7.01. The molecule has 1 N–H and O–H groups in total. The third-order valence-electron chi connectivity index (χ3n) is 2.34. The number of fused-ring (bicyclic) bond motifs is 1. The lowest BCUT2D eigenvalue weighted by molar-refractivity contribution is 0.0968. The Labute approximate surface area is 75.0 Å². The third kappa shape index (κ3) is 1.20. The summed E-state index contributed by atoms with van der Waals surface area (Å²) < 4.78 is 13.2. The number of aromatic hydroxyl groups is 1. The highest BCUT2D eigenvalue weighted by molar-refractivity contribution is 6.00. The number of benzene rings is 1. The summed E-state index contributed by atoms with van der Waals surface area (Å²) in [5.74, 6) is -0.639. The largest absolute Gasteiger partial charge is 0.507 e. The van der Waals surface area contributed by atoms with Gasteiger partial charge in [-0.1, -0.05) is 0 Å². The molecule has 0 aromatic heterocycles. The van der Waals surface area contributed by atoms with E-state index in [4.69, 9.17) is 0 Å². The van der Waals surface area contributed by atoms with Gasteiger partial charge in [0.1, 0.15) is 11.6 Å². The molecule has 0 saturated carbocycles. The summed E-state index contributed by atoms with van der Waals surface area (Å²) >= 11 is 0. The molecular weight excluding hydrogens is 171 g/mol. The van der Waals surface area contributed by atoms with Crippen LogP contribution in [0.1, 0.15) is 28.8 Å². The van der Waals surface area contributed by atoms with Gasteiger partial charge in [-0.25, -0.2) is 4.39 Å². The van der Waals surface area contributed by atoms with Crippen LogP contribution in [0.2, 0.25) is 0 Å². The molecule has 0 atom stereocenters. The zero-order valence-electron chi connectivity index (χ0n) is 7.01. The first-order chi connectivity index (χ1) is 6.20. The molecule has 0 heterocycles. The maximum absolute atomic E-state index is 13.2. The molecular formula is C10H9FO2. The molecule has 1 aromatic rings. The molecule has 0 radical (unpaired) electrons. The third-order valence-corrected chi connectivity index (χ3v) is 2.34. The fourth-order valence-corrected chi connectivity index (χ4v) is 1.72. The van der Waals surface area contributed by atoms with Crippen molar-refractivity contribution in [3.05, 3.63) is 29.1 Å². The number of phenols is 1. The fraction of sp³-hybridized carbons (Fsp3) is 0.300. The van der Waals surface area contributed by atoms with Crippen LogP contribution in [0.25, 0.3) is 0 Å². The summed E-state index contributed by atoms with van der Waals surface area (Å²) in [7, 11) is 0. The van der Waals surface area contributed by atoms with Crippen LogP contribution in [0.3, 0.4) is 0 Å². The van der Waals surface area contributed by atoms with Crippen LogP contribution in [0, 0.1) is 5.82 Å². The number of hydrogen-bond donors (Lipinski definition) is 1. The van der Waals surface area contributed by atoms with E-state index >= 15 is 0 Å². The predicted octanol–water partition coefficient (Wildman–Crippen LogP) is 2.05. The van der Waals surface area contributed by atoms with Gasteiger partial charge in [-0.3, -0.25) is 4.79 Å². The van der Waals surface area contributed by atoms with Crippen LogP contribution in [0.15, 0.2) is 12.1 Å². The molecule has 3 heteroatoms. The highest BCUT2D eigenvalue weighted by Crippen LogP contribution is 2.30. The van der Waals surface area contributed by atoms with Gasteiger partial charge in [0.15, 0.2) is 5.78 Å². The molecule has 2 rings (SSSR count). The first kappa shape index (κ1) is 8.23. The van der Waals surface area contributed by atoms with Crippen molar-refractivity contribution in [2.24, 2.45) is 0 Å². The second-order valence-electron chi connectivity index (χ2n) is 3.20. The Balaban J connectivity index is 2.67. The Morgan fingerprint density at radius 1 is 1.31 bits per heavy atom. The van der Waals surface area contributed by atoms with E-state index in [9.17, 15) is 14.3 Å². The number of carbonyl (C=O) groups is 1. The van der Waals surface area contributed by atoms with E-state index in [1.165, 1.54) is 12.1 Å². The Bertz CT molecular complexity index is 371. The molecule has 1 aromatic carbocycles. The van der Waals surface area contributed by atoms with Gasteiger partial charge in [0.25, 0.3) is 0 Å². The van der Waals surface area contributed by atoms with Crippen LogP contribution >= 0.6 is 0 Å². The van der Waals surface area contributed by atoms with Gasteiger partial charge < -0.3 is 5.11 Å². The second-order valence-corrected chi connectivity index (χ2v) is 3.20. The van der Waals surface area contributed by atoms with Gasteiger partial charge in [-0.05, 0) is 25.0 Å². The van der Waals surface area contributed by atoms with Gasteiger partial charge in [0, 0.05) is 12.0 Å². The minimum atomic E-state index is -0.388. The summed E-state index contributed by atoms with van der Waals surface area (Å²) in [4.78, 5) is 11.3. The molecule has 0 aliphatic heterocycles. The Morgan fingerprint density at radius 3 is 2.77 bits per heavy atom. The van der Waals surface area contributed by atoms with E-state index in [-0.39, 0.29) is 22.9 Å². The number of halogens is 1. The van der Waals surface area contributed by atoms with Gasteiger partial charge in [-0.15, -0.1) is 0 Å². The monoisotopic (exact) mass is 180 g/mol. The molecule has 0 fully saturated rings. The van der Waals surface area contributed by atoms with Gasteiger partial charge in [-0.2, -0.15) is 0 Å². The van der Waals surface area contributed by atoms with Crippen molar-refractivity contribution in [2.45, 2.75) is 19.3 Å². The van der Waals surface area contributed by atoms with Crippen molar-refractivity contribution in [2.75, 3.05) is 0 Å². The Hall–Kier alpha value is -1.38. The van der Waals surface area contributed by atoms with Crippen LogP contribution < -0.4 is 0 Å². The van der Waals surface area contributed by atoms with Crippen LogP contribution in [0.5, 0.6) is 5.75 Å². The molecule has 0 spiro atoms. The summed E-state index contributed by atoms with van der Waals surface area (Å²) in [6.07, 6.45) is 1.62. The summed E-state index contributed by atoms with van der Waals surface area (Å²) in [6, 6.07) is 2.43. The van der Waals surface area contributed by atoms with E-state index in [0.29, 0.717) is 24.8 Å². The van der Waals surface area contributed by atoms with Gasteiger partial charge >= 0.3 is 0 Å². The SMILES string of the molecule is O=C1CCCc2c(F)ccc(O)c21. The molecule has 1 aliphatic rings. The molecule has 13 heavy (non-hydrogen) atoms. The molecule has 0 amide bonds. The topological polar surface area (TPSA) is 37.3 Å². The molecule has 0 bridgehead atoms. The molecule has 68 valence electrons. The van der Waals surface area contributed by atoms with E-state index in [0.717, 1.165) is 0 Å². The van der Waals surface area contributed by atoms with E-state index in [2.05, 4.69) is 0 Å². The highest BCUT2D eigenvalue weighted by atomic mass is 19.1. The summed E-state index contributed by atoms with van der Waals surface area (Å²) in [5.41, 5.74) is 0.558. The predicted molar refractivity (Wildman–Crippen MR) is 45.3 cm³/mol. The van der Waals surface area contributed by atoms with Crippen molar-refractivity contribution in [1.82, 2.24) is 0 Å². The van der Waals surface area contributed by atoms with Gasteiger partial charge in [0.2, 0.25) is 0 Å². The lowest BCUT2D eigenvalue weighted by atomic mass is 9.89. The maximum atomic E-state index is 13.2. The number of ketones is 1. The van der Waals surface area contributed by atoms with E-state index in [1.807, 2.05) is 0 Å². The van der Waals surface area contributed by atoms with Crippen LogP contribution in [0.4, 0.5) is 4.39 Å². The first-order valence-corrected chi connectivity index (χ1v) is 4.23. The minimum Gasteiger partial charge on any atom is -0.507 e. The Morgan fingerprint density at radius 2 is 2.08 bits per heavy atom. The number of hydrogen-bond acceptors (Lipinski definition) is 2. The second kappa shape index (κ2) is 2.83. The molecule has 0 saturated heterocycles. The van der Waals surface area contributed by atoms with E-state index in [1.54, 1.807) is 0 Å². The number of Topliss-reactive ketones (excluding diaryl/α,β-unsaturated/α-hetero) is 1. The van der Waals surface area contributed by atoms with Crippen molar-refractivity contribution in [3.8, 4) is 5.75 Å². The number of carbonyl (C=O) groups excluding carboxylic acids is 1. The Kier molecular flexibility index (Phi) is 1.79. The standard InChI is InChI=1S/C10H9FO2/c11-7-4-5-9(13)10-6(7)2-1-3-8(10)12/h4-5,13H,1-3H2. The minimum absolute atomic E-state index is 0.0962. The zero-order chi connectivity index (χ0) is 9.42. The molecule has 0 unspecified atom stereocenters. The number of phenolic OH excluding ortho intramolecular Hbond substituents is 1.